The lowest BCUT2D eigenvalue weighted by atomic mass is 10.2. The van der Waals surface area contributed by atoms with E-state index in [1.807, 2.05) is 41.2 Å². The molecule has 1 unspecified atom stereocenters. The van der Waals surface area contributed by atoms with E-state index in [-0.39, 0.29) is 5.91 Å². The molecule has 0 radical (unpaired) electrons. The van der Waals surface area contributed by atoms with Crippen LogP contribution >= 0.6 is 0 Å². The topological polar surface area (TPSA) is 77.1 Å². The molecule has 2 aromatic rings. The molecule has 1 aromatic carbocycles. The van der Waals surface area contributed by atoms with Gasteiger partial charge in [-0.2, -0.15) is 0 Å². The average molecular weight is 257 g/mol. The number of hydrogen-bond acceptors (Lipinski definition) is 2. The van der Waals surface area contributed by atoms with Crippen LogP contribution in [0.3, 0.4) is 0 Å². The van der Waals surface area contributed by atoms with Gasteiger partial charge in [0.25, 0.3) is 5.91 Å². The number of carbonyl (C=O) groups is 2. The van der Waals surface area contributed by atoms with Gasteiger partial charge in [0.05, 0.1) is 0 Å². The molecule has 0 spiro atoms. The normalized spacial score (nSPS) is 11.8. The van der Waals surface area contributed by atoms with E-state index < -0.39 is 11.9 Å². The Morgan fingerprint density at radius 2 is 1.74 bits per heavy atom. The predicted octanol–water partition coefficient (Wildman–Crippen LogP) is 1.08. The molecular weight excluding hydrogens is 242 g/mol. The zero-order chi connectivity index (χ0) is 13.8. The molecule has 5 nitrogen and oxygen atoms in total. The zero-order valence-corrected chi connectivity index (χ0v) is 10.5. The summed E-state index contributed by atoms with van der Waals surface area (Å²) in [5.41, 5.74) is 6.55. The fraction of sp³-hybridized carbons (Fsp3) is 0.143. The molecule has 1 heterocycles. The molecular formula is C14H15N3O2. The van der Waals surface area contributed by atoms with Crippen molar-refractivity contribution < 1.29 is 9.59 Å². The van der Waals surface area contributed by atoms with Crippen molar-refractivity contribution in [3.05, 3.63) is 54.4 Å². The van der Waals surface area contributed by atoms with Crippen LogP contribution in [0.15, 0.2) is 48.8 Å². The Kier molecular flexibility index (Phi) is 3.66. The van der Waals surface area contributed by atoms with Gasteiger partial charge in [0.15, 0.2) is 0 Å². The quantitative estimate of drug-likeness (QED) is 0.859. The molecule has 0 aliphatic carbocycles. The average Bonchev–Trinajstić information content (AvgIpc) is 2.92. The molecule has 0 fully saturated rings. The summed E-state index contributed by atoms with van der Waals surface area (Å²) in [7, 11) is 0. The van der Waals surface area contributed by atoms with Crippen LogP contribution in [0.4, 0.5) is 0 Å². The van der Waals surface area contributed by atoms with Gasteiger partial charge in [-0.05, 0) is 43.3 Å². The molecule has 3 N–H and O–H groups in total. The summed E-state index contributed by atoms with van der Waals surface area (Å²) < 4.78 is 1.94. The van der Waals surface area contributed by atoms with Crippen LogP contribution in [0.1, 0.15) is 17.3 Å². The van der Waals surface area contributed by atoms with Crippen LogP contribution < -0.4 is 11.1 Å². The Labute approximate surface area is 111 Å². The van der Waals surface area contributed by atoms with Crippen LogP contribution in [-0.4, -0.2) is 22.4 Å². The highest BCUT2D eigenvalue weighted by Crippen LogP contribution is 2.10. The van der Waals surface area contributed by atoms with Crippen molar-refractivity contribution in [1.29, 1.82) is 0 Å². The van der Waals surface area contributed by atoms with E-state index in [1.54, 1.807) is 19.1 Å². The second kappa shape index (κ2) is 5.39. The molecule has 2 amide bonds. The first-order valence-corrected chi connectivity index (χ1v) is 5.91. The largest absolute Gasteiger partial charge is 0.368 e. The molecule has 0 saturated carbocycles. The summed E-state index contributed by atoms with van der Waals surface area (Å²) in [6, 6.07) is 10.3. The first-order valence-electron chi connectivity index (χ1n) is 5.91. The third-order valence-corrected chi connectivity index (χ3v) is 2.81. The van der Waals surface area contributed by atoms with E-state index in [0.29, 0.717) is 5.56 Å². The van der Waals surface area contributed by atoms with Crippen molar-refractivity contribution in [3.8, 4) is 5.69 Å². The third kappa shape index (κ3) is 3.01. The molecule has 0 saturated heterocycles. The number of hydrogen-bond donors (Lipinski definition) is 2. The van der Waals surface area contributed by atoms with Crippen LogP contribution in [0.25, 0.3) is 5.69 Å². The third-order valence-electron chi connectivity index (χ3n) is 2.81. The minimum absolute atomic E-state index is 0.314. The minimum Gasteiger partial charge on any atom is -0.368 e. The SMILES string of the molecule is CC(NC(=O)c1ccc(-n2cccc2)cc1)C(N)=O. The minimum atomic E-state index is -0.684. The second-order valence-electron chi connectivity index (χ2n) is 4.23. The number of rotatable bonds is 4. The molecule has 0 aliphatic heterocycles. The van der Waals surface area contributed by atoms with E-state index in [9.17, 15) is 9.59 Å². The fourth-order valence-corrected chi connectivity index (χ4v) is 1.64. The van der Waals surface area contributed by atoms with Gasteiger partial charge < -0.3 is 15.6 Å². The number of nitrogens with one attached hydrogen (secondary N) is 1. The number of benzene rings is 1. The van der Waals surface area contributed by atoms with Gasteiger partial charge in [0.1, 0.15) is 6.04 Å². The highest BCUT2D eigenvalue weighted by Gasteiger charge is 2.13. The van der Waals surface area contributed by atoms with Gasteiger partial charge in [-0.15, -0.1) is 0 Å². The number of primary amides is 1. The van der Waals surface area contributed by atoms with Crippen molar-refractivity contribution in [1.82, 2.24) is 9.88 Å². The number of nitrogens with two attached hydrogens (primary N) is 1. The monoisotopic (exact) mass is 257 g/mol. The van der Waals surface area contributed by atoms with Gasteiger partial charge in [0.2, 0.25) is 5.91 Å². The van der Waals surface area contributed by atoms with E-state index in [0.717, 1.165) is 5.69 Å². The zero-order valence-electron chi connectivity index (χ0n) is 10.5. The summed E-state index contributed by atoms with van der Waals surface area (Å²) in [6.45, 7) is 1.55. The van der Waals surface area contributed by atoms with Crippen LogP contribution in [0, 0.1) is 0 Å². The highest BCUT2D eigenvalue weighted by atomic mass is 16.2. The first-order chi connectivity index (χ1) is 9.08. The van der Waals surface area contributed by atoms with Crippen molar-refractivity contribution in [2.75, 3.05) is 0 Å². The number of carbonyl (C=O) groups excluding carboxylic acids is 2. The lowest BCUT2D eigenvalue weighted by molar-refractivity contribution is -0.119. The summed E-state index contributed by atoms with van der Waals surface area (Å²) in [5.74, 6) is -0.873. The molecule has 2 rings (SSSR count). The Morgan fingerprint density at radius 3 is 2.26 bits per heavy atom. The number of nitrogens with zero attached hydrogens (tertiary/aromatic N) is 1. The Bertz CT molecular complexity index is 573. The Balaban J connectivity index is 2.10. The van der Waals surface area contributed by atoms with E-state index >= 15 is 0 Å². The smallest absolute Gasteiger partial charge is 0.251 e. The van der Waals surface area contributed by atoms with E-state index in [1.165, 1.54) is 0 Å². The molecule has 1 aromatic heterocycles. The van der Waals surface area contributed by atoms with Crippen LogP contribution in [0.2, 0.25) is 0 Å². The van der Waals surface area contributed by atoms with Crippen molar-refractivity contribution in [2.45, 2.75) is 13.0 Å². The summed E-state index contributed by atoms with van der Waals surface area (Å²) in [4.78, 5) is 22.7. The first kappa shape index (κ1) is 12.9. The van der Waals surface area contributed by atoms with Gasteiger partial charge in [-0.3, -0.25) is 9.59 Å². The van der Waals surface area contributed by atoms with Crippen LogP contribution in [0.5, 0.6) is 0 Å². The maximum absolute atomic E-state index is 11.8. The molecule has 5 heteroatoms. The maximum atomic E-state index is 11.8. The van der Waals surface area contributed by atoms with Crippen molar-refractivity contribution in [2.24, 2.45) is 5.73 Å². The van der Waals surface area contributed by atoms with Crippen LogP contribution in [-0.2, 0) is 4.79 Å². The number of amides is 2. The molecule has 98 valence electrons. The number of aromatic nitrogens is 1. The highest BCUT2D eigenvalue weighted by molar-refractivity contribution is 5.97. The van der Waals surface area contributed by atoms with Gasteiger partial charge >= 0.3 is 0 Å². The van der Waals surface area contributed by atoms with Gasteiger partial charge in [0, 0.05) is 23.6 Å². The summed E-state index contributed by atoms with van der Waals surface area (Å²) in [6.07, 6.45) is 3.84. The van der Waals surface area contributed by atoms with Crippen molar-refractivity contribution >= 4 is 11.8 Å². The molecule has 19 heavy (non-hydrogen) atoms. The van der Waals surface area contributed by atoms with Gasteiger partial charge in [-0.25, -0.2) is 0 Å². The maximum Gasteiger partial charge on any atom is 0.251 e. The predicted molar refractivity (Wildman–Crippen MR) is 71.9 cm³/mol. The Morgan fingerprint density at radius 1 is 1.16 bits per heavy atom. The summed E-state index contributed by atoms with van der Waals surface area (Å²) in [5, 5.41) is 2.53. The fourth-order valence-electron chi connectivity index (χ4n) is 1.64. The van der Waals surface area contributed by atoms with Crippen molar-refractivity contribution in [3.63, 3.8) is 0 Å². The molecule has 0 bridgehead atoms. The standard InChI is InChI=1S/C14H15N3O2/c1-10(13(15)18)16-14(19)11-4-6-12(7-5-11)17-8-2-3-9-17/h2-10H,1H3,(H2,15,18)(H,16,19). The van der Waals surface area contributed by atoms with E-state index in [4.69, 9.17) is 5.73 Å². The summed E-state index contributed by atoms with van der Waals surface area (Å²) >= 11 is 0. The molecule has 0 aliphatic rings. The van der Waals surface area contributed by atoms with E-state index in [2.05, 4.69) is 5.32 Å². The van der Waals surface area contributed by atoms with Gasteiger partial charge in [-0.1, -0.05) is 0 Å². The lowest BCUT2D eigenvalue weighted by Gasteiger charge is -2.10. The Hall–Kier alpha value is -2.56. The lowest BCUT2D eigenvalue weighted by Crippen LogP contribution is -2.42. The second-order valence-corrected chi connectivity index (χ2v) is 4.23. The molecule has 1 atom stereocenters.